The van der Waals surface area contributed by atoms with Gasteiger partial charge in [0.1, 0.15) is 11.6 Å². The van der Waals surface area contributed by atoms with Crippen molar-refractivity contribution in [2.24, 2.45) is 0 Å². The molecule has 0 N–H and O–H groups in total. The molecular formula is C33H31FN2O4S. The lowest BCUT2D eigenvalue weighted by Gasteiger charge is -2.27. The second-order valence-electron chi connectivity index (χ2n) is 10.3. The summed E-state index contributed by atoms with van der Waals surface area (Å²) in [5.74, 6) is 1.88. The fraction of sp³-hybridized carbons (Fsp3) is 0.242. The van der Waals surface area contributed by atoms with Gasteiger partial charge in [-0.15, -0.1) is 11.3 Å². The Morgan fingerprint density at radius 2 is 1.76 bits per heavy atom. The van der Waals surface area contributed by atoms with Crippen molar-refractivity contribution in [3.63, 3.8) is 0 Å². The van der Waals surface area contributed by atoms with Gasteiger partial charge < -0.3 is 19.1 Å². The van der Waals surface area contributed by atoms with Gasteiger partial charge in [0.25, 0.3) is 5.91 Å². The maximum Gasteiger partial charge on any atom is 0.260 e. The largest absolute Gasteiger partial charge is 0.483 e. The molecule has 8 heteroatoms. The van der Waals surface area contributed by atoms with Crippen LogP contribution in [0.25, 0.3) is 16.7 Å². The van der Waals surface area contributed by atoms with Crippen molar-refractivity contribution in [1.29, 1.82) is 0 Å². The molecule has 210 valence electrons. The van der Waals surface area contributed by atoms with E-state index in [0.717, 1.165) is 52.3 Å². The summed E-state index contributed by atoms with van der Waals surface area (Å²) in [5, 5.41) is 2.09. The minimum Gasteiger partial charge on any atom is -0.483 e. The molecule has 0 saturated heterocycles. The Balaban J connectivity index is 1.16. The number of carbonyl (C=O) groups excluding carboxylic acids is 1. The molecule has 0 atom stereocenters. The molecule has 4 aromatic rings. The van der Waals surface area contributed by atoms with Gasteiger partial charge in [0.2, 0.25) is 6.79 Å². The molecule has 0 bridgehead atoms. The van der Waals surface area contributed by atoms with Crippen LogP contribution in [0.1, 0.15) is 22.4 Å². The third kappa shape index (κ3) is 6.45. The van der Waals surface area contributed by atoms with Crippen molar-refractivity contribution in [1.82, 2.24) is 9.80 Å². The fourth-order valence-corrected chi connectivity index (χ4v) is 5.95. The Labute approximate surface area is 243 Å². The van der Waals surface area contributed by atoms with E-state index in [2.05, 4.69) is 35.5 Å². The van der Waals surface area contributed by atoms with Crippen molar-refractivity contribution in [3.8, 4) is 28.4 Å². The van der Waals surface area contributed by atoms with E-state index >= 15 is 0 Å². The molecule has 0 spiro atoms. The van der Waals surface area contributed by atoms with Crippen molar-refractivity contribution in [2.75, 3.05) is 33.5 Å². The minimum absolute atomic E-state index is 0.0370. The number of fused-ring (bicyclic) bond motifs is 1. The van der Waals surface area contributed by atoms with E-state index in [4.69, 9.17) is 14.2 Å². The SMILES string of the molecule is CN(Cc1cccs1)Cc1cc(-c2ccc3c(c2)OCO3)ccc1OCC(=O)N1CC=C(c2ccc(F)cc2)CC1. The summed E-state index contributed by atoms with van der Waals surface area (Å²) in [6, 6.07) is 22.7. The van der Waals surface area contributed by atoms with Crippen molar-refractivity contribution in [2.45, 2.75) is 19.5 Å². The van der Waals surface area contributed by atoms with Crippen LogP contribution in [-0.4, -0.2) is 49.2 Å². The third-order valence-electron chi connectivity index (χ3n) is 7.34. The molecule has 0 saturated carbocycles. The number of nitrogens with zero attached hydrogens (tertiary/aromatic N) is 2. The van der Waals surface area contributed by atoms with E-state index in [-0.39, 0.29) is 25.1 Å². The quantitative estimate of drug-likeness (QED) is 0.227. The van der Waals surface area contributed by atoms with Gasteiger partial charge in [-0.05, 0) is 83.6 Å². The van der Waals surface area contributed by atoms with Crippen LogP contribution in [0, 0.1) is 5.82 Å². The van der Waals surface area contributed by atoms with Crippen LogP contribution in [0.2, 0.25) is 0 Å². The summed E-state index contributed by atoms with van der Waals surface area (Å²) < 4.78 is 30.5. The lowest BCUT2D eigenvalue weighted by Crippen LogP contribution is -2.38. The minimum atomic E-state index is -0.250. The summed E-state index contributed by atoms with van der Waals surface area (Å²) in [5.41, 5.74) is 5.19. The number of hydrogen-bond acceptors (Lipinski definition) is 6. The van der Waals surface area contributed by atoms with Gasteiger partial charge in [0.15, 0.2) is 18.1 Å². The number of hydrogen-bond donors (Lipinski definition) is 0. The maximum absolute atomic E-state index is 13.3. The molecule has 41 heavy (non-hydrogen) atoms. The van der Waals surface area contributed by atoms with Crippen molar-refractivity contribution in [3.05, 3.63) is 106 Å². The normalized spacial score (nSPS) is 14.3. The molecule has 0 unspecified atom stereocenters. The van der Waals surface area contributed by atoms with Crippen molar-refractivity contribution >= 4 is 22.8 Å². The average molecular weight is 571 g/mol. The van der Waals surface area contributed by atoms with Crippen LogP contribution >= 0.6 is 11.3 Å². The molecule has 2 aliphatic heterocycles. The number of amides is 1. The Morgan fingerprint density at radius 1 is 0.976 bits per heavy atom. The van der Waals surface area contributed by atoms with Crippen LogP contribution in [-0.2, 0) is 17.9 Å². The van der Waals surface area contributed by atoms with E-state index in [0.29, 0.717) is 25.4 Å². The van der Waals surface area contributed by atoms with Gasteiger partial charge in [-0.2, -0.15) is 0 Å². The van der Waals surface area contributed by atoms with Gasteiger partial charge in [-0.25, -0.2) is 4.39 Å². The number of carbonyl (C=O) groups is 1. The van der Waals surface area contributed by atoms with E-state index in [9.17, 15) is 9.18 Å². The summed E-state index contributed by atoms with van der Waals surface area (Å²) in [6.07, 6.45) is 2.76. The van der Waals surface area contributed by atoms with E-state index in [1.165, 1.54) is 17.0 Å². The van der Waals surface area contributed by atoms with E-state index < -0.39 is 0 Å². The average Bonchev–Trinajstić information content (AvgIpc) is 3.68. The first-order valence-corrected chi connectivity index (χ1v) is 14.5. The first-order valence-electron chi connectivity index (χ1n) is 13.6. The molecule has 0 aliphatic carbocycles. The molecule has 6 nitrogen and oxygen atoms in total. The zero-order chi connectivity index (χ0) is 28.2. The van der Waals surface area contributed by atoms with Crippen LogP contribution < -0.4 is 14.2 Å². The summed E-state index contributed by atoms with van der Waals surface area (Å²) in [6.45, 7) is 2.79. The maximum atomic E-state index is 13.3. The standard InChI is InChI=1S/C33H31FN2O4S/c1-35(20-29-3-2-16-41-29)19-27-17-25(26-7-11-31-32(18-26)40-22-39-31)6-10-30(27)38-21-33(37)36-14-12-24(13-15-36)23-4-8-28(34)9-5-23/h2-12,16-18H,13-15,19-22H2,1H3. The lowest BCUT2D eigenvalue weighted by atomic mass is 9.99. The summed E-state index contributed by atoms with van der Waals surface area (Å²) in [7, 11) is 2.08. The van der Waals surface area contributed by atoms with Gasteiger partial charge >= 0.3 is 0 Å². The molecule has 2 aliphatic rings. The smallest absolute Gasteiger partial charge is 0.260 e. The Kier molecular flexibility index (Phi) is 8.02. The number of ether oxygens (including phenoxy) is 3. The van der Waals surface area contributed by atoms with Crippen LogP contribution in [0.15, 0.2) is 84.3 Å². The van der Waals surface area contributed by atoms with Crippen molar-refractivity contribution < 1.29 is 23.4 Å². The molecule has 1 amide bonds. The van der Waals surface area contributed by atoms with Gasteiger partial charge in [-0.3, -0.25) is 9.69 Å². The second kappa shape index (κ2) is 12.2. The monoisotopic (exact) mass is 570 g/mol. The van der Waals surface area contributed by atoms with E-state index in [1.807, 2.05) is 36.4 Å². The molecule has 1 aromatic heterocycles. The van der Waals surface area contributed by atoms with Crippen LogP contribution in [0.4, 0.5) is 4.39 Å². The highest BCUT2D eigenvalue weighted by molar-refractivity contribution is 7.09. The van der Waals surface area contributed by atoms with Crippen LogP contribution in [0.5, 0.6) is 17.2 Å². The molecule has 0 radical (unpaired) electrons. The summed E-state index contributed by atoms with van der Waals surface area (Å²) in [4.78, 5) is 18.4. The number of thiophene rings is 1. The number of halogens is 1. The lowest BCUT2D eigenvalue weighted by molar-refractivity contribution is -0.132. The first kappa shape index (κ1) is 27.1. The Hall–Kier alpha value is -4.14. The highest BCUT2D eigenvalue weighted by atomic mass is 32.1. The molecule has 0 fully saturated rings. The highest BCUT2D eigenvalue weighted by Crippen LogP contribution is 2.37. The number of benzene rings is 3. The predicted molar refractivity (Wildman–Crippen MR) is 159 cm³/mol. The van der Waals surface area contributed by atoms with Gasteiger partial charge in [0, 0.05) is 36.6 Å². The highest BCUT2D eigenvalue weighted by Gasteiger charge is 2.20. The topological polar surface area (TPSA) is 51.2 Å². The fourth-order valence-electron chi connectivity index (χ4n) is 5.17. The zero-order valence-corrected chi connectivity index (χ0v) is 23.7. The predicted octanol–water partition coefficient (Wildman–Crippen LogP) is 6.61. The van der Waals surface area contributed by atoms with Gasteiger partial charge in [-0.1, -0.05) is 36.4 Å². The zero-order valence-electron chi connectivity index (χ0n) is 22.8. The third-order valence-corrected chi connectivity index (χ3v) is 8.20. The second-order valence-corrected chi connectivity index (χ2v) is 11.3. The molecule has 3 heterocycles. The number of rotatable bonds is 9. The molecular weight excluding hydrogens is 539 g/mol. The van der Waals surface area contributed by atoms with Crippen LogP contribution in [0.3, 0.4) is 0 Å². The van der Waals surface area contributed by atoms with E-state index in [1.54, 1.807) is 28.4 Å². The van der Waals surface area contributed by atoms with Gasteiger partial charge in [0.05, 0.1) is 0 Å². The molecule has 6 rings (SSSR count). The Morgan fingerprint density at radius 3 is 2.54 bits per heavy atom. The Bertz CT molecular complexity index is 1550. The summed E-state index contributed by atoms with van der Waals surface area (Å²) >= 11 is 1.74. The first-order chi connectivity index (χ1) is 20.0. The molecule has 3 aromatic carbocycles.